The first kappa shape index (κ1) is 16.7. The highest BCUT2D eigenvalue weighted by Crippen LogP contribution is 2.34. The smallest absolute Gasteiger partial charge is 0.240 e. The Balaban J connectivity index is 0.00000180. The van der Waals surface area contributed by atoms with Crippen molar-refractivity contribution < 1.29 is 9.53 Å². The van der Waals surface area contributed by atoms with E-state index in [2.05, 4.69) is 12.2 Å². The van der Waals surface area contributed by atoms with Crippen LogP contribution in [0, 0.1) is 0 Å². The van der Waals surface area contributed by atoms with Gasteiger partial charge in [0.2, 0.25) is 5.91 Å². The van der Waals surface area contributed by atoms with Gasteiger partial charge in [-0.2, -0.15) is 0 Å². The van der Waals surface area contributed by atoms with Crippen LogP contribution in [0.2, 0.25) is 0 Å². The summed E-state index contributed by atoms with van der Waals surface area (Å²) in [5.41, 5.74) is 5.20. The molecule has 0 radical (unpaired) electrons. The van der Waals surface area contributed by atoms with Crippen molar-refractivity contribution >= 4 is 18.3 Å². The number of carbonyl (C=O) groups excluding carboxylic acids is 1. The summed E-state index contributed by atoms with van der Waals surface area (Å²) < 4.78 is 6.05. The van der Waals surface area contributed by atoms with Gasteiger partial charge in [-0.1, -0.05) is 26.2 Å². The largest absolute Gasteiger partial charge is 0.373 e. The van der Waals surface area contributed by atoms with E-state index in [1.165, 1.54) is 19.3 Å². The molecule has 0 aromatic carbocycles. The first-order valence-corrected chi connectivity index (χ1v) is 7.31. The summed E-state index contributed by atoms with van der Waals surface area (Å²) in [5, 5.41) is 3.02. The van der Waals surface area contributed by atoms with Crippen LogP contribution >= 0.6 is 12.4 Å². The van der Waals surface area contributed by atoms with Crippen LogP contribution in [0.1, 0.15) is 58.3 Å². The van der Waals surface area contributed by atoms with Crippen LogP contribution in [0.15, 0.2) is 0 Å². The number of halogens is 1. The molecule has 4 nitrogen and oxygen atoms in total. The lowest BCUT2D eigenvalue weighted by Crippen LogP contribution is -2.51. The number of ether oxygens (including phenoxy) is 1. The second-order valence-corrected chi connectivity index (χ2v) is 5.93. The number of nitrogens with one attached hydrogen (secondary N) is 1. The van der Waals surface area contributed by atoms with Crippen LogP contribution < -0.4 is 11.1 Å². The maximum absolute atomic E-state index is 11.9. The standard InChI is InChI=1S/C14H26N2O2.ClH/c1-2-10-18-13(6-4-3-5-7-13)11-16-12(17)14(15)8-9-14;/h2-11,15H2,1H3,(H,16,17);1H. The average molecular weight is 291 g/mol. The predicted octanol–water partition coefficient (Wildman–Crippen LogP) is 2.15. The van der Waals surface area contributed by atoms with E-state index in [9.17, 15) is 4.79 Å². The summed E-state index contributed by atoms with van der Waals surface area (Å²) in [5.74, 6) is 0.00699. The summed E-state index contributed by atoms with van der Waals surface area (Å²) in [6, 6.07) is 0. The van der Waals surface area contributed by atoms with Gasteiger partial charge >= 0.3 is 0 Å². The fraction of sp³-hybridized carbons (Fsp3) is 0.929. The number of rotatable bonds is 6. The van der Waals surface area contributed by atoms with Gasteiger partial charge in [0.1, 0.15) is 0 Å². The Morgan fingerprint density at radius 2 is 1.84 bits per heavy atom. The van der Waals surface area contributed by atoms with E-state index >= 15 is 0 Å². The van der Waals surface area contributed by atoms with Gasteiger partial charge < -0.3 is 15.8 Å². The molecule has 112 valence electrons. The van der Waals surface area contributed by atoms with Crippen molar-refractivity contribution in [1.29, 1.82) is 0 Å². The third kappa shape index (κ3) is 4.33. The van der Waals surface area contributed by atoms with Gasteiger partial charge in [0.15, 0.2) is 0 Å². The summed E-state index contributed by atoms with van der Waals surface area (Å²) in [6.45, 7) is 3.53. The minimum atomic E-state index is -0.569. The SMILES string of the molecule is CCCOC1(CNC(=O)C2(N)CC2)CCCCC1.Cl. The van der Waals surface area contributed by atoms with Gasteiger partial charge in [-0.15, -0.1) is 12.4 Å². The van der Waals surface area contributed by atoms with Crippen molar-refractivity contribution in [3.8, 4) is 0 Å². The highest BCUT2D eigenvalue weighted by molar-refractivity contribution is 5.89. The lowest BCUT2D eigenvalue weighted by Gasteiger charge is -2.37. The van der Waals surface area contributed by atoms with Gasteiger partial charge in [0.05, 0.1) is 11.1 Å². The molecule has 0 unspecified atom stereocenters. The minimum absolute atomic E-state index is 0. The van der Waals surface area contributed by atoms with Crippen LogP contribution in [-0.4, -0.2) is 30.2 Å². The Hall–Kier alpha value is -0.320. The van der Waals surface area contributed by atoms with Crippen LogP contribution in [0.4, 0.5) is 0 Å². The molecule has 0 heterocycles. The Morgan fingerprint density at radius 3 is 2.37 bits per heavy atom. The molecule has 1 amide bonds. The molecule has 5 heteroatoms. The van der Waals surface area contributed by atoms with E-state index in [1.54, 1.807) is 0 Å². The monoisotopic (exact) mass is 290 g/mol. The molecule has 2 aliphatic rings. The fourth-order valence-electron chi connectivity index (χ4n) is 2.67. The average Bonchev–Trinajstić information content (AvgIpc) is 3.14. The first-order chi connectivity index (χ1) is 8.60. The summed E-state index contributed by atoms with van der Waals surface area (Å²) in [7, 11) is 0. The van der Waals surface area contributed by atoms with Crippen molar-refractivity contribution in [2.24, 2.45) is 5.73 Å². The quantitative estimate of drug-likeness (QED) is 0.788. The molecule has 3 N–H and O–H groups in total. The summed E-state index contributed by atoms with van der Waals surface area (Å²) in [6.07, 6.45) is 8.47. The minimum Gasteiger partial charge on any atom is -0.373 e. The van der Waals surface area contributed by atoms with Gasteiger partial charge in [-0.05, 0) is 32.1 Å². The van der Waals surface area contributed by atoms with Gasteiger partial charge in [0.25, 0.3) is 0 Å². The highest BCUT2D eigenvalue weighted by Gasteiger charge is 2.46. The Bertz CT molecular complexity index is 300. The lowest BCUT2D eigenvalue weighted by atomic mass is 9.84. The molecule has 0 aromatic rings. The molecule has 0 atom stereocenters. The number of carbonyl (C=O) groups is 1. The molecule has 0 aliphatic heterocycles. The number of nitrogens with two attached hydrogens (primary N) is 1. The molecular formula is C14H27ClN2O2. The van der Waals surface area contributed by atoms with Crippen molar-refractivity contribution in [2.45, 2.75) is 69.4 Å². The molecule has 19 heavy (non-hydrogen) atoms. The van der Waals surface area contributed by atoms with Crippen LogP contribution in [0.3, 0.4) is 0 Å². The van der Waals surface area contributed by atoms with Gasteiger partial charge in [0, 0.05) is 13.2 Å². The van der Waals surface area contributed by atoms with E-state index in [0.29, 0.717) is 6.54 Å². The number of hydrogen-bond acceptors (Lipinski definition) is 3. The number of amides is 1. The van der Waals surface area contributed by atoms with Crippen molar-refractivity contribution in [3.63, 3.8) is 0 Å². The zero-order chi connectivity index (χ0) is 13.1. The van der Waals surface area contributed by atoms with Crippen molar-refractivity contribution in [2.75, 3.05) is 13.2 Å². The van der Waals surface area contributed by atoms with Gasteiger partial charge in [-0.25, -0.2) is 0 Å². The third-order valence-electron chi connectivity index (χ3n) is 4.19. The summed E-state index contributed by atoms with van der Waals surface area (Å²) in [4.78, 5) is 11.9. The molecule has 2 fully saturated rings. The zero-order valence-corrected chi connectivity index (χ0v) is 12.7. The van der Waals surface area contributed by atoms with Gasteiger partial charge in [-0.3, -0.25) is 4.79 Å². The Morgan fingerprint density at radius 1 is 1.21 bits per heavy atom. The van der Waals surface area contributed by atoms with E-state index in [-0.39, 0.29) is 23.9 Å². The maximum atomic E-state index is 11.9. The maximum Gasteiger partial charge on any atom is 0.240 e. The van der Waals surface area contributed by atoms with E-state index in [0.717, 1.165) is 38.7 Å². The third-order valence-corrected chi connectivity index (χ3v) is 4.19. The van der Waals surface area contributed by atoms with Crippen LogP contribution in [0.5, 0.6) is 0 Å². The van der Waals surface area contributed by atoms with Crippen molar-refractivity contribution in [1.82, 2.24) is 5.32 Å². The van der Waals surface area contributed by atoms with Crippen LogP contribution in [-0.2, 0) is 9.53 Å². The zero-order valence-electron chi connectivity index (χ0n) is 11.9. The molecule has 2 rings (SSSR count). The van der Waals surface area contributed by atoms with E-state index in [4.69, 9.17) is 10.5 Å². The second kappa shape index (κ2) is 6.91. The van der Waals surface area contributed by atoms with E-state index < -0.39 is 5.54 Å². The predicted molar refractivity (Wildman–Crippen MR) is 78.5 cm³/mol. The second-order valence-electron chi connectivity index (χ2n) is 5.93. The molecule has 2 saturated carbocycles. The van der Waals surface area contributed by atoms with Crippen LogP contribution in [0.25, 0.3) is 0 Å². The molecule has 2 aliphatic carbocycles. The lowest BCUT2D eigenvalue weighted by molar-refractivity contribution is -0.126. The number of hydrogen-bond donors (Lipinski definition) is 2. The topological polar surface area (TPSA) is 64.3 Å². The molecular weight excluding hydrogens is 264 g/mol. The molecule has 0 bridgehead atoms. The molecule has 0 aromatic heterocycles. The van der Waals surface area contributed by atoms with E-state index in [1.807, 2.05) is 0 Å². The Labute approximate surface area is 122 Å². The first-order valence-electron chi connectivity index (χ1n) is 7.31. The Kier molecular flexibility index (Phi) is 6.09. The molecule has 0 saturated heterocycles. The highest BCUT2D eigenvalue weighted by atomic mass is 35.5. The van der Waals surface area contributed by atoms with Crippen molar-refractivity contribution in [3.05, 3.63) is 0 Å². The molecule has 0 spiro atoms. The summed E-state index contributed by atoms with van der Waals surface area (Å²) >= 11 is 0. The fourth-order valence-corrected chi connectivity index (χ4v) is 2.67. The normalized spacial score (nSPS) is 23.3.